The summed E-state index contributed by atoms with van der Waals surface area (Å²) in [5.74, 6) is 0.808. The number of hydrogen-bond acceptors (Lipinski definition) is 7. The average Bonchev–Trinajstić information content (AvgIpc) is 3.18. The number of nitrogens with one attached hydrogen (secondary N) is 1. The predicted octanol–water partition coefficient (Wildman–Crippen LogP) is 3.05. The molecule has 1 fully saturated rings. The van der Waals surface area contributed by atoms with Gasteiger partial charge in [-0.05, 0) is 29.8 Å². The molecule has 2 aliphatic rings. The van der Waals surface area contributed by atoms with Gasteiger partial charge in [0.1, 0.15) is 23.0 Å². The van der Waals surface area contributed by atoms with Crippen LogP contribution < -0.4 is 15.0 Å². The van der Waals surface area contributed by atoms with Crippen LogP contribution >= 0.6 is 11.8 Å². The number of phenolic OH excluding ortho intramolecular Hbond substituents is 1. The highest BCUT2D eigenvalue weighted by molar-refractivity contribution is 8.02. The largest absolute Gasteiger partial charge is 0.508 e. The summed E-state index contributed by atoms with van der Waals surface area (Å²) in [6.07, 6.45) is -0.513. The molecule has 0 spiro atoms. The number of hydrogen-bond donors (Lipinski definition) is 2. The molecule has 0 aromatic heterocycles. The Morgan fingerprint density at radius 1 is 1.29 bits per heavy atom. The van der Waals surface area contributed by atoms with Gasteiger partial charge in [-0.25, -0.2) is 0 Å². The molecular weight excluding hydrogens is 376 g/mol. The van der Waals surface area contributed by atoms with Crippen LogP contribution in [0.3, 0.4) is 0 Å². The van der Waals surface area contributed by atoms with E-state index in [1.807, 2.05) is 40.6 Å². The Labute approximate surface area is 168 Å². The lowest BCUT2D eigenvalue weighted by Crippen LogP contribution is -2.45. The third-order valence-corrected chi connectivity index (χ3v) is 5.88. The van der Waals surface area contributed by atoms with Crippen LogP contribution in [0.5, 0.6) is 11.5 Å². The van der Waals surface area contributed by atoms with Gasteiger partial charge in [-0.3, -0.25) is 4.79 Å². The number of carbonyl (C=O) groups excluding carboxylic acids is 1. The van der Waals surface area contributed by atoms with Gasteiger partial charge >= 0.3 is 0 Å². The van der Waals surface area contributed by atoms with Crippen molar-refractivity contribution in [1.29, 1.82) is 0 Å². The summed E-state index contributed by atoms with van der Waals surface area (Å²) >= 11 is 1.53. The third-order valence-electron chi connectivity index (χ3n) is 4.78. The zero-order chi connectivity index (χ0) is 19.5. The molecule has 2 heterocycles. The maximum Gasteiger partial charge on any atom is 0.209 e. The number of carbonyl (C=O) groups is 1. The molecule has 2 unspecified atom stereocenters. The summed E-state index contributed by atoms with van der Waals surface area (Å²) in [5, 5.41) is 14.8. The normalized spacial score (nSPS) is 22.0. The summed E-state index contributed by atoms with van der Waals surface area (Å²) < 4.78 is 11.2. The number of ketones is 1. The number of rotatable bonds is 5. The molecule has 7 heteroatoms. The first kappa shape index (κ1) is 18.9. The van der Waals surface area contributed by atoms with Crippen molar-refractivity contribution >= 4 is 23.2 Å². The van der Waals surface area contributed by atoms with Crippen molar-refractivity contribution < 1.29 is 19.4 Å². The molecule has 146 valence electrons. The van der Waals surface area contributed by atoms with Crippen LogP contribution in [0.25, 0.3) is 0 Å². The van der Waals surface area contributed by atoms with E-state index in [1.54, 1.807) is 25.3 Å². The van der Waals surface area contributed by atoms with Crippen LogP contribution in [0.1, 0.15) is 10.9 Å². The number of methoxy groups -OCH3 is 1. The first-order chi connectivity index (χ1) is 13.7. The first-order valence-corrected chi connectivity index (χ1v) is 10.1. The van der Waals surface area contributed by atoms with Gasteiger partial charge in [-0.15, -0.1) is 11.8 Å². The van der Waals surface area contributed by atoms with E-state index in [2.05, 4.69) is 5.32 Å². The Balaban J connectivity index is 1.74. The number of Topliss-reactive ketones (excluding diaryl/α,β-unsaturated/α-hetero) is 1. The minimum atomic E-state index is -0.513. The Morgan fingerprint density at radius 3 is 2.89 bits per heavy atom. The van der Waals surface area contributed by atoms with Crippen LogP contribution in [-0.2, 0) is 9.53 Å². The van der Waals surface area contributed by atoms with Gasteiger partial charge < -0.3 is 24.8 Å². The van der Waals surface area contributed by atoms with E-state index in [4.69, 9.17) is 9.47 Å². The minimum absolute atomic E-state index is 0.0618. The second kappa shape index (κ2) is 8.26. The van der Waals surface area contributed by atoms with Crippen molar-refractivity contribution in [2.45, 2.75) is 11.5 Å². The molecule has 2 aromatic carbocycles. The number of phenols is 1. The van der Waals surface area contributed by atoms with Gasteiger partial charge in [0.25, 0.3) is 0 Å². The average molecular weight is 398 g/mol. The fourth-order valence-corrected chi connectivity index (χ4v) is 4.58. The molecule has 0 saturated carbocycles. The zero-order valence-electron chi connectivity index (χ0n) is 15.5. The standard InChI is InChI=1S/C21H22N2O4S/c1-26-18-8-3-2-7-16(18)23-17(20(25)19-12-22-9-10-27-19)13-28-21(23)14-5-4-6-15(24)11-14/h2-8,11,13,19,21-22,24H,9-10,12H2,1H3. The Bertz CT molecular complexity index is 895. The van der Waals surface area contributed by atoms with Crippen molar-refractivity contribution in [3.8, 4) is 11.5 Å². The number of nitrogens with zero attached hydrogens (tertiary/aromatic N) is 1. The fourth-order valence-electron chi connectivity index (χ4n) is 3.44. The number of para-hydroxylation sites is 2. The molecule has 4 rings (SSSR count). The Kier molecular flexibility index (Phi) is 5.57. The van der Waals surface area contributed by atoms with E-state index in [1.165, 1.54) is 11.8 Å². The van der Waals surface area contributed by atoms with E-state index in [0.717, 1.165) is 17.8 Å². The zero-order valence-corrected chi connectivity index (χ0v) is 16.3. The van der Waals surface area contributed by atoms with Crippen molar-refractivity contribution in [1.82, 2.24) is 5.32 Å². The summed E-state index contributed by atoms with van der Waals surface area (Å²) in [4.78, 5) is 15.2. The van der Waals surface area contributed by atoms with E-state index in [0.29, 0.717) is 24.6 Å². The van der Waals surface area contributed by atoms with Gasteiger partial charge in [0.15, 0.2) is 0 Å². The van der Waals surface area contributed by atoms with Gasteiger partial charge in [0.05, 0.1) is 25.1 Å². The van der Waals surface area contributed by atoms with E-state index >= 15 is 0 Å². The van der Waals surface area contributed by atoms with Crippen LogP contribution in [0.15, 0.2) is 59.6 Å². The van der Waals surface area contributed by atoms with Crippen LogP contribution in [0, 0.1) is 0 Å². The lowest BCUT2D eigenvalue weighted by Gasteiger charge is -2.32. The summed E-state index contributed by atoms with van der Waals surface area (Å²) in [6.45, 7) is 1.76. The topological polar surface area (TPSA) is 71.0 Å². The second-order valence-corrected chi connectivity index (χ2v) is 7.51. The lowest BCUT2D eigenvalue weighted by atomic mass is 10.1. The highest BCUT2D eigenvalue weighted by Gasteiger charge is 2.38. The monoisotopic (exact) mass is 398 g/mol. The van der Waals surface area contributed by atoms with E-state index < -0.39 is 6.10 Å². The summed E-state index contributed by atoms with van der Waals surface area (Å²) in [5.41, 5.74) is 2.26. The highest BCUT2D eigenvalue weighted by Crippen LogP contribution is 2.48. The molecule has 6 nitrogen and oxygen atoms in total. The van der Waals surface area contributed by atoms with Gasteiger partial charge in [-0.1, -0.05) is 24.3 Å². The van der Waals surface area contributed by atoms with Gasteiger partial charge in [-0.2, -0.15) is 0 Å². The molecular formula is C21H22N2O4S. The van der Waals surface area contributed by atoms with Gasteiger partial charge in [0.2, 0.25) is 5.78 Å². The number of benzene rings is 2. The lowest BCUT2D eigenvalue weighted by molar-refractivity contribution is -0.128. The molecule has 2 aliphatic heterocycles. The van der Waals surface area contributed by atoms with Crippen molar-refractivity contribution in [2.75, 3.05) is 31.7 Å². The smallest absolute Gasteiger partial charge is 0.209 e. The highest BCUT2D eigenvalue weighted by atomic mass is 32.2. The quantitative estimate of drug-likeness (QED) is 0.802. The molecule has 0 amide bonds. The number of thioether (sulfide) groups is 1. The molecule has 0 bridgehead atoms. The maximum atomic E-state index is 13.2. The molecule has 28 heavy (non-hydrogen) atoms. The maximum absolute atomic E-state index is 13.2. The predicted molar refractivity (Wildman–Crippen MR) is 110 cm³/mol. The Hall–Kier alpha value is -2.48. The number of ether oxygens (including phenoxy) is 2. The molecule has 0 aliphatic carbocycles. The first-order valence-electron chi connectivity index (χ1n) is 9.12. The Morgan fingerprint density at radius 2 is 2.14 bits per heavy atom. The van der Waals surface area contributed by atoms with Crippen LogP contribution in [-0.4, -0.2) is 43.8 Å². The minimum Gasteiger partial charge on any atom is -0.508 e. The fraction of sp³-hybridized carbons (Fsp3) is 0.286. The third kappa shape index (κ3) is 3.61. The molecule has 2 N–H and O–H groups in total. The van der Waals surface area contributed by atoms with E-state index in [-0.39, 0.29) is 16.9 Å². The number of anilines is 1. The van der Waals surface area contributed by atoms with Crippen LogP contribution in [0.4, 0.5) is 5.69 Å². The van der Waals surface area contributed by atoms with Crippen molar-refractivity contribution in [2.24, 2.45) is 0 Å². The van der Waals surface area contributed by atoms with Crippen molar-refractivity contribution in [3.05, 3.63) is 65.2 Å². The van der Waals surface area contributed by atoms with Crippen LogP contribution in [0.2, 0.25) is 0 Å². The van der Waals surface area contributed by atoms with E-state index in [9.17, 15) is 9.90 Å². The second-order valence-electron chi connectivity index (χ2n) is 6.56. The SMILES string of the molecule is COc1ccccc1N1C(C(=O)C2CNCCO2)=CSC1c1cccc(O)c1. The van der Waals surface area contributed by atoms with Crippen molar-refractivity contribution in [3.63, 3.8) is 0 Å². The number of morpholine rings is 1. The summed E-state index contributed by atoms with van der Waals surface area (Å²) in [6, 6.07) is 14.7. The molecule has 1 saturated heterocycles. The summed E-state index contributed by atoms with van der Waals surface area (Å²) in [7, 11) is 1.62. The molecule has 2 aromatic rings. The van der Waals surface area contributed by atoms with Gasteiger partial charge in [0, 0.05) is 18.5 Å². The number of aromatic hydroxyl groups is 1. The molecule has 0 radical (unpaired) electrons. The molecule has 2 atom stereocenters.